The summed E-state index contributed by atoms with van der Waals surface area (Å²) in [6, 6.07) is 0. The van der Waals surface area contributed by atoms with Gasteiger partial charge in [-0.15, -0.1) is 0 Å². The van der Waals surface area contributed by atoms with Gasteiger partial charge in [-0.25, -0.2) is 4.31 Å². The SMILES string of the molecule is CC(C)CN(CC(C)C)Sc1c(Cl)c(Cl)c(Cl)c(Cl)c1Cl. The molecule has 0 radical (unpaired) electrons. The molecule has 0 spiro atoms. The first-order valence-corrected chi connectivity index (χ1v) is 9.25. The molecule has 0 N–H and O–H groups in total. The fourth-order valence-electron chi connectivity index (χ4n) is 1.76. The van der Waals surface area contributed by atoms with Gasteiger partial charge in [0.05, 0.1) is 30.0 Å². The van der Waals surface area contributed by atoms with E-state index in [0.29, 0.717) is 26.8 Å². The fourth-order valence-corrected chi connectivity index (χ4v) is 4.58. The van der Waals surface area contributed by atoms with E-state index in [1.807, 2.05) is 0 Å². The van der Waals surface area contributed by atoms with Crippen LogP contribution in [0.1, 0.15) is 27.7 Å². The molecule has 21 heavy (non-hydrogen) atoms. The van der Waals surface area contributed by atoms with Crippen molar-refractivity contribution in [2.75, 3.05) is 13.1 Å². The number of halogens is 5. The molecule has 0 amide bonds. The molecule has 0 aliphatic heterocycles. The molecule has 0 heterocycles. The van der Waals surface area contributed by atoms with Gasteiger partial charge in [0.15, 0.2) is 0 Å². The number of hydrogen-bond donors (Lipinski definition) is 0. The van der Waals surface area contributed by atoms with Gasteiger partial charge < -0.3 is 0 Å². The molecule has 1 aromatic rings. The molecule has 0 aromatic heterocycles. The Hall–Kier alpha value is 0.980. The van der Waals surface area contributed by atoms with Crippen molar-refractivity contribution in [3.8, 4) is 0 Å². The van der Waals surface area contributed by atoms with E-state index in [4.69, 9.17) is 58.0 Å². The third-order valence-corrected chi connectivity index (χ3v) is 6.18. The predicted molar refractivity (Wildman–Crippen MR) is 98.6 cm³/mol. The first-order valence-electron chi connectivity index (χ1n) is 6.59. The Morgan fingerprint density at radius 1 is 0.714 bits per heavy atom. The number of benzene rings is 1. The second-order valence-corrected chi connectivity index (χ2v) is 8.62. The van der Waals surface area contributed by atoms with E-state index in [0.717, 1.165) is 13.1 Å². The summed E-state index contributed by atoms with van der Waals surface area (Å²) in [7, 11) is 0. The topological polar surface area (TPSA) is 3.24 Å². The van der Waals surface area contributed by atoms with E-state index in [2.05, 4.69) is 32.0 Å². The Kier molecular flexibility index (Phi) is 8.32. The van der Waals surface area contributed by atoms with Gasteiger partial charge in [-0.05, 0) is 23.8 Å². The van der Waals surface area contributed by atoms with Crippen LogP contribution in [-0.4, -0.2) is 17.4 Å². The number of nitrogens with zero attached hydrogens (tertiary/aromatic N) is 1. The van der Waals surface area contributed by atoms with E-state index in [-0.39, 0.29) is 15.1 Å². The minimum absolute atomic E-state index is 0.192. The van der Waals surface area contributed by atoms with Crippen molar-refractivity contribution in [3.63, 3.8) is 0 Å². The Morgan fingerprint density at radius 3 is 1.38 bits per heavy atom. The summed E-state index contributed by atoms with van der Waals surface area (Å²) in [6.07, 6.45) is 0. The summed E-state index contributed by atoms with van der Waals surface area (Å²) in [5.41, 5.74) is 0. The predicted octanol–water partition coefficient (Wildman–Crippen LogP) is 7.57. The van der Waals surface area contributed by atoms with Crippen LogP contribution < -0.4 is 0 Å². The molecule has 0 unspecified atom stereocenters. The highest BCUT2D eigenvalue weighted by Crippen LogP contribution is 2.48. The highest BCUT2D eigenvalue weighted by molar-refractivity contribution is 7.97. The molecule has 1 rings (SSSR count). The lowest BCUT2D eigenvalue weighted by atomic mass is 10.2. The smallest absolute Gasteiger partial charge is 0.0809 e. The van der Waals surface area contributed by atoms with Crippen LogP contribution >= 0.6 is 70.0 Å². The summed E-state index contributed by atoms with van der Waals surface area (Å²) in [6.45, 7) is 10.5. The first-order chi connectivity index (χ1) is 9.65. The Balaban J connectivity index is 3.14. The van der Waals surface area contributed by atoms with Crippen LogP contribution in [-0.2, 0) is 0 Å². The zero-order chi connectivity index (χ0) is 16.3. The molecular weight excluding hydrogens is 391 g/mol. The Bertz CT molecular complexity index is 466. The second kappa shape index (κ2) is 8.73. The fraction of sp³-hybridized carbons (Fsp3) is 0.571. The lowest BCUT2D eigenvalue weighted by Gasteiger charge is -2.26. The van der Waals surface area contributed by atoms with Crippen LogP contribution in [0.3, 0.4) is 0 Å². The van der Waals surface area contributed by atoms with Gasteiger partial charge in [0, 0.05) is 13.1 Å². The third kappa shape index (κ3) is 5.53. The molecule has 0 aliphatic rings. The van der Waals surface area contributed by atoms with Crippen LogP contribution in [0.15, 0.2) is 4.90 Å². The van der Waals surface area contributed by atoms with Crippen molar-refractivity contribution >= 4 is 70.0 Å². The molecule has 0 aliphatic carbocycles. The number of hydrogen-bond acceptors (Lipinski definition) is 2. The van der Waals surface area contributed by atoms with Crippen LogP contribution in [0.5, 0.6) is 0 Å². The highest BCUT2D eigenvalue weighted by atomic mass is 35.5. The van der Waals surface area contributed by atoms with E-state index < -0.39 is 0 Å². The van der Waals surface area contributed by atoms with Gasteiger partial charge in [0.25, 0.3) is 0 Å². The average Bonchev–Trinajstić information content (AvgIpc) is 2.37. The maximum absolute atomic E-state index is 6.29. The van der Waals surface area contributed by atoms with Gasteiger partial charge >= 0.3 is 0 Å². The van der Waals surface area contributed by atoms with Gasteiger partial charge in [0.1, 0.15) is 0 Å². The molecular formula is C14H18Cl5NS. The summed E-state index contributed by atoms with van der Waals surface area (Å²) < 4.78 is 2.23. The van der Waals surface area contributed by atoms with Gasteiger partial charge in [-0.1, -0.05) is 85.7 Å². The van der Waals surface area contributed by atoms with Crippen molar-refractivity contribution in [2.24, 2.45) is 11.8 Å². The lowest BCUT2D eigenvalue weighted by molar-refractivity contribution is 0.364. The molecule has 7 heteroatoms. The Morgan fingerprint density at radius 2 is 1.05 bits per heavy atom. The molecule has 1 nitrogen and oxygen atoms in total. The highest BCUT2D eigenvalue weighted by Gasteiger charge is 2.22. The minimum Gasteiger partial charge on any atom is -0.246 e. The van der Waals surface area contributed by atoms with E-state index in [1.165, 1.54) is 11.9 Å². The van der Waals surface area contributed by atoms with Gasteiger partial charge in [0.2, 0.25) is 0 Å². The monoisotopic (exact) mass is 407 g/mol. The summed E-state index contributed by atoms with van der Waals surface area (Å²) in [5, 5.41) is 1.36. The normalized spacial score (nSPS) is 12.0. The minimum atomic E-state index is 0.192. The van der Waals surface area contributed by atoms with Gasteiger partial charge in [-0.3, -0.25) is 0 Å². The standard InChI is InChI=1S/C14H18Cl5NS/c1-7(2)5-20(6-8(3)4)21-14-12(18)10(16)9(15)11(17)13(14)19/h7-8H,5-6H2,1-4H3. The molecule has 0 bridgehead atoms. The van der Waals surface area contributed by atoms with Crippen LogP contribution in [0.2, 0.25) is 25.1 Å². The van der Waals surface area contributed by atoms with Crippen molar-refractivity contribution in [2.45, 2.75) is 32.6 Å². The molecule has 0 fully saturated rings. The van der Waals surface area contributed by atoms with Gasteiger partial charge in [-0.2, -0.15) is 0 Å². The maximum Gasteiger partial charge on any atom is 0.0809 e. The summed E-state index contributed by atoms with van der Waals surface area (Å²) in [5.74, 6) is 1.04. The molecule has 120 valence electrons. The van der Waals surface area contributed by atoms with Crippen molar-refractivity contribution in [3.05, 3.63) is 25.1 Å². The first kappa shape index (κ1) is 20.0. The summed E-state index contributed by atoms with van der Waals surface area (Å²) >= 11 is 32.3. The van der Waals surface area contributed by atoms with Crippen LogP contribution in [0.25, 0.3) is 0 Å². The van der Waals surface area contributed by atoms with Crippen molar-refractivity contribution in [1.29, 1.82) is 0 Å². The second-order valence-electron chi connectivity index (χ2n) is 5.62. The zero-order valence-corrected chi connectivity index (χ0v) is 16.9. The zero-order valence-electron chi connectivity index (χ0n) is 12.3. The largest absolute Gasteiger partial charge is 0.246 e. The average molecular weight is 410 g/mol. The van der Waals surface area contributed by atoms with E-state index in [9.17, 15) is 0 Å². The number of rotatable bonds is 6. The maximum atomic E-state index is 6.29. The molecule has 0 atom stereocenters. The Labute approximate surface area is 156 Å². The van der Waals surface area contributed by atoms with Crippen molar-refractivity contribution in [1.82, 2.24) is 4.31 Å². The third-order valence-electron chi connectivity index (χ3n) is 2.53. The lowest BCUT2D eigenvalue weighted by Crippen LogP contribution is -2.25. The van der Waals surface area contributed by atoms with Crippen LogP contribution in [0.4, 0.5) is 0 Å². The van der Waals surface area contributed by atoms with E-state index >= 15 is 0 Å². The van der Waals surface area contributed by atoms with Crippen LogP contribution in [0, 0.1) is 11.8 Å². The molecule has 1 aromatic carbocycles. The quantitative estimate of drug-likeness (QED) is 0.271. The molecule has 0 saturated carbocycles. The van der Waals surface area contributed by atoms with E-state index in [1.54, 1.807) is 0 Å². The molecule has 0 saturated heterocycles. The summed E-state index contributed by atoms with van der Waals surface area (Å²) in [4.78, 5) is 0.652. The van der Waals surface area contributed by atoms with Crippen molar-refractivity contribution < 1.29 is 0 Å².